The standard InChI is InChI=1S/C12H16ClN5O/c1-7-5-9-11(16-6-7)18(4-3-15-12(14)19)10(17-9)8(2)13/h5-6,8H,3-4H2,1-2H3,(H3,14,15,19). The Kier molecular flexibility index (Phi) is 3.90. The summed E-state index contributed by atoms with van der Waals surface area (Å²) in [6.07, 6.45) is 1.78. The van der Waals surface area contributed by atoms with Crippen LogP contribution in [0.3, 0.4) is 0 Å². The molecule has 2 aromatic rings. The van der Waals surface area contributed by atoms with Gasteiger partial charge in [0.2, 0.25) is 0 Å². The van der Waals surface area contributed by atoms with Crippen LogP contribution in [0.25, 0.3) is 11.2 Å². The summed E-state index contributed by atoms with van der Waals surface area (Å²) >= 11 is 6.14. The molecular weight excluding hydrogens is 266 g/mol. The number of amides is 2. The third-order valence-electron chi connectivity index (χ3n) is 2.74. The van der Waals surface area contributed by atoms with Gasteiger partial charge < -0.3 is 15.6 Å². The van der Waals surface area contributed by atoms with Crippen LogP contribution < -0.4 is 11.1 Å². The molecule has 0 aromatic carbocycles. The fourth-order valence-electron chi connectivity index (χ4n) is 1.94. The van der Waals surface area contributed by atoms with E-state index in [2.05, 4.69) is 15.3 Å². The number of hydrogen-bond acceptors (Lipinski definition) is 3. The van der Waals surface area contributed by atoms with E-state index in [0.717, 1.165) is 22.6 Å². The van der Waals surface area contributed by atoms with Crippen molar-refractivity contribution in [2.45, 2.75) is 25.8 Å². The zero-order valence-corrected chi connectivity index (χ0v) is 11.6. The van der Waals surface area contributed by atoms with E-state index in [9.17, 15) is 4.79 Å². The first kappa shape index (κ1) is 13.6. The largest absolute Gasteiger partial charge is 0.352 e. The molecule has 0 aliphatic rings. The second-order valence-electron chi connectivity index (χ2n) is 4.38. The quantitative estimate of drug-likeness (QED) is 0.837. The van der Waals surface area contributed by atoms with Gasteiger partial charge in [-0.1, -0.05) is 0 Å². The molecule has 1 unspecified atom stereocenters. The highest BCUT2D eigenvalue weighted by Gasteiger charge is 2.15. The lowest BCUT2D eigenvalue weighted by Gasteiger charge is -2.09. The summed E-state index contributed by atoms with van der Waals surface area (Å²) < 4.78 is 1.91. The Labute approximate surface area is 116 Å². The van der Waals surface area contributed by atoms with E-state index >= 15 is 0 Å². The molecule has 19 heavy (non-hydrogen) atoms. The SMILES string of the molecule is Cc1cnc2c(c1)nc(C(C)Cl)n2CCNC(N)=O. The molecule has 0 saturated heterocycles. The summed E-state index contributed by atoms with van der Waals surface area (Å²) in [4.78, 5) is 19.6. The maximum atomic E-state index is 10.7. The van der Waals surface area contributed by atoms with Gasteiger partial charge in [-0.3, -0.25) is 0 Å². The third-order valence-corrected chi connectivity index (χ3v) is 2.94. The summed E-state index contributed by atoms with van der Waals surface area (Å²) in [7, 11) is 0. The van der Waals surface area contributed by atoms with Gasteiger partial charge in [-0.05, 0) is 25.5 Å². The van der Waals surface area contributed by atoms with Crippen molar-refractivity contribution in [3.63, 3.8) is 0 Å². The lowest BCUT2D eigenvalue weighted by Crippen LogP contribution is -2.32. The second kappa shape index (κ2) is 5.44. The fourth-order valence-corrected chi connectivity index (χ4v) is 2.11. The number of urea groups is 1. The van der Waals surface area contributed by atoms with Gasteiger partial charge in [-0.15, -0.1) is 11.6 Å². The van der Waals surface area contributed by atoms with Crippen molar-refractivity contribution in [1.29, 1.82) is 0 Å². The van der Waals surface area contributed by atoms with Gasteiger partial charge in [0.15, 0.2) is 5.65 Å². The van der Waals surface area contributed by atoms with Crippen LogP contribution in [-0.4, -0.2) is 27.1 Å². The van der Waals surface area contributed by atoms with Crippen LogP contribution in [0.5, 0.6) is 0 Å². The number of aromatic nitrogens is 3. The molecule has 6 nitrogen and oxygen atoms in total. The monoisotopic (exact) mass is 281 g/mol. The van der Waals surface area contributed by atoms with Crippen molar-refractivity contribution >= 4 is 28.8 Å². The van der Waals surface area contributed by atoms with Gasteiger partial charge in [0.25, 0.3) is 0 Å². The first-order valence-corrected chi connectivity index (χ1v) is 6.43. The number of fused-ring (bicyclic) bond motifs is 1. The Bertz CT molecular complexity index is 607. The summed E-state index contributed by atoms with van der Waals surface area (Å²) in [6, 6.07) is 1.41. The average Bonchev–Trinajstić information content (AvgIpc) is 2.67. The zero-order chi connectivity index (χ0) is 14.0. The molecule has 2 heterocycles. The minimum absolute atomic E-state index is 0.233. The molecule has 2 aromatic heterocycles. The summed E-state index contributed by atoms with van der Waals surface area (Å²) in [5.74, 6) is 0.737. The lowest BCUT2D eigenvalue weighted by atomic mass is 10.3. The number of nitrogens with two attached hydrogens (primary N) is 1. The smallest absolute Gasteiger partial charge is 0.312 e. The Balaban J connectivity index is 2.37. The first-order valence-electron chi connectivity index (χ1n) is 5.99. The Morgan fingerprint density at radius 2 is 2.37 bits per heavy atom. The summed E-state index contributed by atoms with van der Waals surface area (Å²) in [6.45, 7) is 4.76. The number of carbonyl (C=O) groups is 1. The second-order valence-corrected chi connectivity index (χ2v) is 5.04. The number of halogens is 1. The van der Waals surface area contributed by atoms with Crippen LogP contribution in [0.1, 0.15) is 23.7 Å². The molecule has 0 spiro atoms. The van der Waals surface area contributed by atoms with E-state index in [0.29, 0.717) is 13.1 Å². The maximum absolute atomic E-state index is 10.7. The topological polar surface area (TPSA) is 85.8 Å². The van der Waals surface area contributed by atoms with E-state index in [4.69, 9.17) is 17.3 Å². The van der Waals surface area contributed by atoms with Crippen LogP contribution in [0, 0.1) is 6.92 Å². The highest BCUT2D eigenvalue weighted by atomic mass is 35.5. The molecule has 7 heteroatoms. The van der Waals surface area contributed by atoms with Crippen LogP contribution in [0.2, 0.25) is 0 Å². The number of pyridine rings is 1. The molecule has 2 rings (SSSR count). The fraction of sp³-hybridized carbons (Fsp3) is 0.417. The number of alkyl halides is 1. The molecule has 1 atom stereocenters. The number of hydrogen-bond donors (Lipinski definition) is 2. The number of rotatable bonds is 4. The van der Waals surface area contributed by atoms with Gasteiger partial charge in [0.1, 0.15) is 11.3 Å². The molecule has 2 amide bonds. The average molecular weight is 282 g/mol. The Morgan fingerprint density at radius 1 is 1.63 bits per heavy atom. The number of imidazole rings is 1. The molecule has 3 N–H and O–H groups in total. The van der Waals surface area contributed by atoms with Crippen molar-refractivity contribution in [1.82, 2.24) is 19.9 Å². The third kappa shape index (κ3) is 2.96. The highest BCUT2D eigenvalue weighted by Crippen LogP contribution is 2.23. The minimum atomic E-state index is -0.548. The lowest BCUT2D eigenvalue weighted by molar-refractivity contribution is 0.248. The predicted molar refractivity (Wildman–Crippen MR) is 74.1 cm³/mol. The van der Waals surface area contributed by atoms with Gasteiger partial charge in [0, 0.05) is 19.3 Å². The number of aryl methyl sites for hydroxylation is 1. The van der Waals surface area contributed by atoms with E-state index < -0.39 is 6.03 Å². The Hall–Kier alpha value is -1.82. The normalized spacial score (nSPS) is 12.6. The summed E-state index contributed by atoms with van der Waals surface area (Å²) in [5, 5.41) is 2.31. The Morgan fingerprint density at radius 3 is 3.00 bits per heavy atom. The molecule has 0 fully saturated rings. The highest BCUT2D eigenvalue weighted by molar-refractivity contribution is 6.20. The minimum Gasteiger partial charge on any atom is -0.352 e. The molecule has 0 aliphatic heterocycles. The summed E-state index contributed by atoms with van der Waals surface area (Å²) in [5.41, 5.74) is 7.66. The molecule has 0 aliphatic carbocycles. The molecule has 102 valence electrons. The van der Waals surface area contributed by atoms with Crippen molar-refractivity contribution in [3.05, 3.63) is 23.7 Å². The molecule has 0 radical (unpaired) electrons. The van der Waals surface area contributed by atoms with Crippen LogP contribution in [0.15, 0.2) is 12.3 Å². The van der Waals surface area contributed by atoms with Gasteiger partial charge >= 0.3 is 6.03 Å². The van der Waals surface area contributed by atoms with Crippen molar-refractivity contribution in [2.75, 3.05) is 6.54 Å². The van der Waals surface area contributed by atoms with Crippen molar-refractivity contribution in [2.24, 2.45) is 5.73 Å². The van der Waals surface area contributed by atoms with Gasteiger partial charge in [-0.25, -0.2) is 14.8 Å². The number of primary amides is 1. The van der Waals surface area contributed by atoms with Crippen molar-refractivity contribution in [3.8, 4) is 0 Å². The van der Waals surface area contributed by atoms with E-state index in [-0.39, 0.29) is 5.38 Å². The number of carbonyl (C=O) groups excluding carboxylic acids is 1. The zero-order valence-electron chi connectivity index (χ0n) is 10.9. The molecule has 0 bridgehead atoms. The van der Waals surface area contributed by atoms with Gasteiger partial charge in [0.05, 0.1) is 5.38 Å². The van der Waals surface area contributed by atoms with E-state index in [1.807, 2.05) is 24.5 Å². The number of nitrogens with one attached hydrogen (secondary N) is 1. The van der Waals surface area contributed by atoms with Crippen LogP contribution in [-0.2, 0) is 6.54 Å². The number of nitrogens with zero attached hydrogens (tertiary/aromatic N) is 3. The molecular formula is C12H16ClN5O. The first-order chi connectivity index (χ1) is 8.99. The van der Waals surface area contributed by atoms with E-state index in [1.54, 1.807) is 6.20 Å². The van der Waals surface area contributed by atoms with E-state index in [1.165, 1.54) is 0 Å². The van der Waals surface area contributed by atoms with Crippen LogP contribution >= 0.6 is 11.6 Å². The maximum Gasteiger partial charge on any atom is 0.312 e. The van der Waals surface area contributed by atoms with Crippen molar-refractivity contribution < 1.29 is 4.79 Å². The molecule has 0 saturated carbocycles. The van der Waals surface area contributed by atoms with Gasteiger partial charge in [-0.2, -0.15) is 0 Å². The van der Waals surface area contributed by atoms with Crippen LogP contribution in [0.4, 0.5) is 4.79 Å². The predicted octanol–water partition coefficient (Wildman–Crippen LogP) is 1.71.